The van der Waals surface area contributed by atoms with Crippen LogP contribution in [0.2, 0.25) is 10.0 Å². The van der Waals surface area contributed by atoms with Gasteiger partial charge in [-0.25, -0.2) is 9.69 Å². The summed E-state index contributed by atoms with van der Waals surface area (Å²) in [5, 5.41) is 9.91. The summed E-state index contributed by atoms with van der Waals surface area (Å²) >= 11 is 14.4. The Morgan fingerprint density at radius 3 is 2.71 bits per heavy atom. The summed E-state index contributed by atoms with van der Waals surface area (Å²) in [5.41, 5.74) is 7.36. The van der Waals surface area contributed by atoms with Crippen LogP contribution in [-0.4, -0.2) is 33.8 Å². The molecule has 0 atom stereocenters. The highest BCUT2D eigenvalue weighted by molar-refractivity contribution is 7.10. The number of allylic oxidation sites excluding steroid dienone is 1. The average molecular weight is 473 g/mol. The zero-order valence-corrected chi connectivity index (χ0v) is 19.2. The van der Waals surface area contributed by atoms with Crippen LogP contribution in [0.5, 0.6) is 0 Å². The van der Waals surface area contributed by atoms with Crippen LogP contribution in [0, 0.1) is 0 Å². The van der Waals surface area contributed by atoms with Crippen LogP contribution >= 0.6 is 34.5 Å². The molecule has 5 nitrogen and oxygen atoms in total. The van der Waals surface area contributed by atoms with Crippen molar-refractivity contribution in [1.82, 2.24) is 20.2 Å². The smallest absolute Gasteiger partial charge is 0.283 e. The summed E-state index contributed by atoms with van der Waals surface area (Å²) in [6.07, 6.45) is 7.11. The van der Waals surface area contributed by atoms with Gasteiger partial charge >= 0.3 is 0 Å². The third-order valence-electron chi connectivity index (χ3n) is 5.74. The fourth-order valence-corrected chi connectivity index (χ4v) is 5.48. The molecule has 3 aromatic rings. The maximum Gasteiger partial charge on any atom is 0.286 e. The van der Waals surface area contributed by atoms with E-state index < -0.39 is 0 Å². The number of halogens is 2. The predicted molar refractivity (Wildman–Crippen MR) is 127 cm³/mol. The van der Waals surface area contributed by atoms with E-state index in [2.05, 4.69) is 22.9 Å². The van der Waals surface area contributed by atoms with Crippen molar-refractivity contribution in [2.24, 2.45) is 0 Å². The predicted octanol–water partition coefficient (Wildman–Crippen LogP) is 5.86. The zero-order chi connectivity index (χ0) is 21.4. The van der Waals surface area contributed by atoms with Crippen molar-refractivity contribution >= 4 is 52.1 Å². The molecule has 5 rings (SSSR count). The number of aromatic nitrogens is 2. The lowest BCUT2D eigenvalue weighted by Crippen LogP contribution is -2.40. The maximum atomic E-state index is 13.2. The van der Waals surface area contributed by atoms with Crippen molar-refractivity contribution in [3.63, 3.8) is 0 Å². The molecule has 0 unspecified atom stereocenters. The van der Waals surface area contributed by atoms with E-state index in [0.717, 1.165) is 62.1 Å². The lowest BCUT2D eigenvalue weighted by atomic mass is 9.90. The number of rotatable bonds is 4. The SMILES string of the molecule is O=C(NN1CCCC1)c1nn(-c2ccc(Cl)cc2Cl)c2c1CCCC2=Cc1cccs1. The second-order valence-corrected chi connectivity index (χ2v) is 9.68. The van der Waals surface area contributed by atoms with Crippen molar-refractivity contribution in [3.05, 3.63) is 67.6 Å². The van der Waals surface area contributed by atoms with Gasteiger partial charge in [-0.3, -0.25) is 10.2 Å². The lowest BCUT2D eigenvalue weighted by molar-refractivity contribution is 0.0819. The molecule has 160 valence electrons. The summed E-state index contributed by atoms with van der Waals surface area (Å²) in [7, 11) is 0. The van der Waals surface area contributed by atoms with E-state index in [1.54, 1.807) is 23.5 Å². The molecule has 2 aliphatic rings. The maximum absolute atomic E-state index is 13.2. The molecule has 8 heteroatoms. The van der Waals surface area contributed by atoms with Gasteiger partial charge in [0.25, 0.3) is 5.91 Å². The molecule has 1 aromatic carbocycles. The number of nitrogens with zero attached hydrogens (tertiary/aromatic N) is 3. The Hall–Kier alpha value is -2.12. The highest BCUT2D eigenvalue weighted by Crippen LogP contribution is 2.38. The molecule has 1 amide bonds. The molecular weight excluding hydrogens is 451 g/mol. The summed E-state index contributed by atoms with van der Waals surface area (Å²) < 4.78 is 1.82. The molecule has 0 saturated carbocycles. The van der Waals surface area contributed by atoms with Gasteiger partial charge in [0.05, 0.1) is 16.4 Å². The monoisotopic (exact) mass is 472 g/mol. The topological polar surface area (TPSA) is 50.2 Å². The Morgan fingerprint density at radius 1 is 1.13 bits per heavy atom. The Morgan fingerprint density at radius 2 is 1.97 bits per heavy atom. The minimum Gasteiger partial charge on any atom is -0.283 e. The highest BCUT2D eigenvalue weighted by atomic mass is 35.5. The molecule has 0 radical (unpaired) electrons. The summed E-state index contributed by atoms with van der Waals surface area (Å²) in [6.45, 7) is 1.75. The molecule has 3 heterocycles. The van der Waals surface area contributed by atoms with Crippen molar-refractivity contribution < 1.29 is 4.79 Å². The van der Waals surface area contributed by atoms with E-state index in [1.165, 1.54) is 10.5 Å². The first-order chi connectivity index (χ1) is 15.1. The zero-order valence-electron chi connectivity index (χ0n) is 16.9. The van der Waals surface area contributed by atoms with Gasteiger partial charge in [0, 0.05) is 28.6 Å². The first kappa shape index (κ1) is 20.8. The average Bonchev–Trinajstić information content (AvgIpc) is 3.49. The van der Waals surface area contributed by atoms with E-state index in [0.29, 0.717) is 15.7 Å². The third-order valence-corrected chi connectivity index (χ3v) is 7.10. The molecule has 1 N–H and O–H groups in total. The van der Waals surface area contributed by atoms with Crippen LogP contribution in [-0.2, 0) is 6.42 Å². The van der Waals surface area contributed by atoms with Gasteiger partial charge in [-0.15, -0.1) is 11.3 Å². The highest BCUT2D eigenvalue weighted by Gasteiger charge is 2.30. The van der Waals surface area contributed by atoms with Crippen LogP contribution in [0.25, 0.3) is 17.3 Å². The number of amides is 1. The Labute approximate surface area is 195 Å². The van der Waals surface area contributed by atoms with E-state index >= 15 is 0 Å². The normalized spacial score (nSPS) is 17.8. The summed E-state index contributed by atoms with van der Waals surface area (Å²) in [6, 6.07) is 9.51. The number of hydrogen-bond acceptors (Lipinski definition) is 4. The molecule has 1 aliphatic carbocycles. The number of hydrogen-bond donors (Lipinski definition) is 1. The van der Waals surface area contributed by atoms with Crippen LogP contribution in [0.4, 0.5) is 0 Å². The molecule has 1 aliphatic heterocycles. The Balaban J connectivity index is 1.64. The molecule has 31 heavy (non-hydrogen) atoms. The van der Waals surface area contributed by atoms with Crippen LogP contribution in [0.1, 0.15) is 52.3 Å². The van der Waals surface area contributed by atoms with Crippen molar-refractivity contribution in [2.75, 3.05) is 13.1 Å². The van der Waals surface area contributed by atoms with E-state index in [9.17, 15) is 4.79 Å². The standard InChI is InChI=1S/C23H22Cl2N4OS/c24-16-8-9-20(19(25)14-16)29-22-15(13-17-6-4-12-31-17)5-3-7-18(22)21(26-29)23(30)27-28-10-1-2-11-28/h4,6,8-9,12-14H,1-3,5,7,10-11H2,(H,27,30). The van der Waals surface area contributed by atoms with E-state index in [-0.39, 0.29) is 5.91 Å². The van der Waals surface area contributed by atoms with Gasteiger partial charge in [0.2, 0.25) is 0 Å². The second-order valence-electron chi connectivity index (χ2n) is 7.86. The first-order valence-corrected chi connectivity index (χ1v) is 12.1. The van der Waals surface area contributed by atoms with Crippen LogP contribution < -0.4 is 5.43 Å². The van der Waals surface area contributed by atoms with Crippen molar-refractivity contribution in [1.29, 1.82) is 0 Å². The summed E-state index contributed by atoms with van der Waals surface area (Å²) in [5.74, 6) is -0.153. The van der Waals surface area contributed by atoms with Crippen molar-refractivity contribution in [3.8, 4) is 5.69 Å². The molecule has 2 aromatic heterocycles. The molecule has 1 saturated heterocycles. The minimum atomic E-state index is -0.153. The van der Waals surface area contributed by atoms with E-state index in [4.69, 9.17) is 28.3 Å². The number of carbonyl (C=O) groups is 1. The number of fused-ring (bicyclic) bond motifs is 1. The second kappa shape index (κ2) is 8.79. The Kier molecular flexibility index (Phi) is 5.89. The van der Waals surface area contributed by atoms with Crippen LogP contribution in [0.3, 0.4) is 0 Å². The Bertz CT molecular complexity index is 1150. The largest absolute Gasteiger partial charge is 0.286 e. The third kappa shape index (κ3) is 4.17. The van der Waals surface area contributed by atoms with Gasteiger partial charge in [-0.1, -0.05) is 29.3 Å². The number of hydrazine groups is 1. The number of carbonyl (C=O) groups excluding carboxylic acids is 1. The molecular formula is C23H22Cl2N4OS. The van der Waals surface area contributed by atoms with Gasteiger partial charge in [-0.2, -0.15) is 5.10 Å². The van der Waals surface area contributed by atoms with E-state index in [1.807, 2.05) is 21.8 Å². The lowest BCUT2D eigenvalue weighted by Gasteiger charge is -2.19. The van der Waals surface area contributed by atoms with Gasteiger partial charge in [0.1, 0.15) is 0 Å². The van der Waals surface area contributed by atoms with Crippen molar-refractivity contribution in [2.45, 2.75) is 32.1 Å². The fraction of sp³-hybridized carbons (Fsp3) is 0.304. The fourth-order valence-electron chi connectivity index (χ4n) is 4.31. The van der Waals surface area contributed by atoms with Gasteiger partial charge in [0.15, 0.2) is 5.69 Å². The molecule has 0 bridgehead atoms. The summed E-state index contributed by atoms with van der Waals surface area (Å²) in [4.78, 5) is 14.4. The van der Waals surface area contributed by atoms with Gasteiger partial charge < -0.3 is 0 Å². The number of benzene rings is 1. The number of nitrogens with one attached hydrogen (secondary N) is 1. The number of thiophene rings is 1. The minimum absolute atomic E-state index is 0.153. The van der Waals surface area contributed by atoms with Crippen LogP contribution in [0.15, 0.2) is 35.7 Å². The molecule has 0 spiro atoms. The quantitative estimate of drug-likeness (QED) is 0.517. The first-order valence-electron chi connectivity index (χ1n) is 10.5. The molecule has 1 fully saturated rings. The van der Waals surface area contributed by atoms with Gasteiger partial charge in [-0.05, 0) is 73.4 Å².